The molecule has 0 saturated heterocycles. The fraction of sp³-hybridized carbons (Fsp3) is 0.875. The summed E-state index contributed by atoms with van der Waals surface area (Å²) in [7, 11) is 1.35. The predicted molar refractivity (Wildman–Crippen MR) is 81.5 cm³/mol. The van der Waals surface area contributed by atoms with Gasteiger partial charge in [-0.05, 0) is 6.42 Å². The third kappa shape index (κ3) is 13.4. The monoisotopic (exact) mass is 285 g/mol. The highest BCUT2D eigenvalue weighted by molar-refractivity contribution is 5.76. The minimum absolute atomic E-state index is 0.0387. The van der Waals surface area contributed by atoms with Gasteiger partial charge in [-0.1, -0.05) is 58.3 Å². The second-order valence-corrected chi connectivity index (χ2v) is 5.25. The Kier molecular flexibility index (Phi) is 13.6. The number of rotatable bonds is 13. The normalized spacial score (nSPS) is 10.3. The fourth-order valence-electron chi connectivity index (χ4n) is 2.09. The highest BCUT2D eigenvalue weighted by Gasteiger charge is 2.03. The van der Waals surface area contributed by atoms with Crippen molar-refractivity contribution < 1.29 is 14.3 Å². The Hall–Kier alpha value is -1.06. The fourth-order valence-corrected chi connectivity index (χ4v) is 2.09. The van der Waals surface area contributed by atoms with Crippen molar-refractivity contribution in [1.29, 1.82) is 0 Å². The first-order valence-electron chi connectivity index (χ1n) is 8.04. The summed E-state index contributed by atoms with van der Waals surface area (Å²) in [5.41, 5.74) is 0. The van der Waals surface area contributed by atoms with Gasteiger partial charge in [0.15, 0.2) is 0 Å². The van der Waals surface area contributed by atoms with Crippen LogP contribution in [-0.2, 0) is 14.3 Å². The van der Waals surface area contributed by atoms with Crippen LogP contribution in [0.4, 0.5) is 0 Å². The van der Waals surface area contributed by atoms with Gasteiger partial charge in [0, 0.05) is 13.0 Å². The van der Waals surface area contributed by atoms with Crippen LogP contribution in [0.15, 0.2) is 0 Å². The van der Waals surface area contributed by atoms with Gasteiger partial charge in [0.05, 0.1) is 13.5 Å². The van der Waals surface area contributed by atoms with Crippen molar-refractivity contribution in [2.45, 2.75) is 77.6 Å². The molecule has 0 aliphatic rings. The van der Waals surface area contributed by atoms with Crippen LogP contribution in [-0.4, -0.2) is 25.5 Å². The Morgan fingerprint density at radius 2 is 1.40 bits per heavy atom. The van der Waals surface area contributed by atoms with Gasteiger partial charge < -0.3 is 10.1 Å². The first-order valence-corrected chi connectivity index (χ1v) is 8.04. The van der Waals surface area contributed by atoms with E-state index in [0.717, 1.165) is 12.8 Å². The summed E-state index contributed by atoms with van der Waals surface area (Å²) in [6, 6.07) is 0. The number of amides is 1. The molecule has 1 N–H and O–H groups in total. The lowest BCUT2D eigenvalue weighted by atomic mass is 10.1. The maximum Gasteiger partial charge on any atom is 0.307 e. The standard InChI is InChI=1S/C16H31NO3/c1-3-4-5-6-7-8-9-10-11-12-15(18)17-14-13-16(19)20-2/h3-14H2,1-2H3,(H,17,18). The molecule has 0 aliphatic carbocycles. The Labute approximate surface area is 123 Å². The van der Waals surface area contributed by atoms with Crippen molar-refractivity contribution in [3.63, 3.8) is 0 Å². The van der Waals surface area contributed by atoms with Crippen molar-refractivity contribution in [2.24, 2.45) is 0 Å². The highest BCUT2D eigenvalue weighted by atomic mass is 16.5. The molecule has 0 bridgehead atoms. The van der Waals surface area contributed by atoms with Crippen molar-refractivity contribution in [3.05, 3.63) is 0 Å². The smallest absolute Gasteiger partial charge is 0.307 e. The number of hydrogen-bond donors (Lipinski definition) is 1. The zero-order valence-corrected chi connectivity index (χ0v) is 13.2. The molecule has 118 valence electrons. The summed E-state index contributed by atoms with van der Waals surface area (Å²) < 4.78 is 4.50. The molecular formula is C16H31NO3. The molecule has 0 unspecified atom stereocenters. The average Bonchev–Trinajstić information content (AvgIpc) is 2.45. The first kappa shape index (κ1) is 18.9. The third-order valence-corrected chi connectivity index (χ3v) is 3.39. The molecule has 0 saturated carbocycles. The molecule has 0 rings (SSSR count). The van der Waals surface area contributed by atoms with E-state index in [1.807, 2.05) is 0 Å². The summed E-state index contributed by atoms with van der Waals surface area (Å²) in [4.78, 5) is 22.3. The molecule has 0 heterocycles. The van der Waals surface area contributed by atoms with E-state index in [-0.39, 0.29) is 18.3 Å². The summed E-state index contributed by atoms with van der Waals surface area (Å²) in [6.07, 6.45) is 12.1. The van der Waals surface area contributed by atoms with Crippen molar-refractivity contribution in [3.8, 4) is 0 Å². The van der Waals surface area contributed by atoms with Gasteiger partial charge >= 0.3 is 5.97 Å². The largest absolute Gasteiger partial charge is 0.469 e. The Balaban J connectivity index is 3.21. The van der Waals surface area contributed by atoms with E-state index in [0.29, 0.717) is 13.0 Å². The van der Waals surface area contributed by atoms with Crippen LogP contribution >= 0.6 is 0 Å². The number of esters is 1. The van der Waals surface area contributed by atoms with Gasteiger partial charge in [0.2, 0.25) is 5.91 Å². The molecule has 0 atom stereocenters. The zero-order valence-electron chi connectivity index (χ0n) is 13.2. The van der Waals surface area contributed by atoms with E-state index in [4.69, 9.17) is 0 Å². The van der Waals surface area contributed by atoms with E-state index < -0.39 is 0 Å². The number of methoxy groups -OCH3 is 1. The van der Waals surface area contributed by atoms with Gasteiger partial charge in [-0.2, -0.15) is 0 Å². The maximum atomic E-state index is 11.5. The molecule has 20 heavy (non-hydrogen) atoms. The summed E-state index contributed by atoms with van der Waals surface area (Å²) in [5, 5.41) is 2.73. The van der Waals surface area contributed by atoms with Crippen molar-refractivity contribution in [1.82, 2.24) is 5.32 Å². The van der Waals surface area contributed by atoms with Gasteiger partial charge in [-0.25, -0.2) is 0 Å². The molecule has 4 nitrogen and oxygen atoms in total. The number of hydrogen-bond acceptors (Lipinski definition) is 3. The molecule has 0 aromatic heterocycles. The maximum absolute atomic E-state index is 11.5. The van der Waals surface area contributed by atoms with Crippen molar-refractivity contribution >= 4 is 11.9 Å². The van der Waals surface area contributed by atoms with Crippen LogP contribution in [0.2, 0.25) is 0 Å². The predicted octanol–water partition coefficient (Wildman–Crippen LogP) is 3.59. The van der Waals surface area contributed by atoms with Gasteiger partial charge in [-0.15, -0.1) is 0 Å². The van der Waals surface area contributed by atoms with Gasteiger partial charge in [0.25, 0.3) is 0 Å². The lowest BCUT2D eigenvalue weighted by Gasteiger charge is -2.04. The average molecular weight is 285 g/mol. The molecule has 0 aromatic carbocycles. The van der Waals surface area contributed by atoms with E-state index in [2.05, 4.69) is 17.0 Å². The number of ether oxygens (including phenoxy) is 1. The molecule has 1 amide bonds. The lowest BCUT2D eigenvalue weighted by molar-refractivity contribution is -0.140. The lowest BCUT2D eigenvalue weighted by Crippen LogP contribution is -2.25. The molecule has 0 aliphatic heterocycles. The topological polar surface area (TPSA) is 55.4 Å². The number of carbonyl (C=O) groups is 2. The van der Waals surface area contributed by atoms with E-state index in [1.54, 1.807) is 0 Å². The van der Waals surface area contributed by atoms with E-state index in [1.165, 1.54) is 52.1 Å². The molecule has 0 aromatic rings. The summed E-state index contributed by atoms with van der Waals surface area (Å²) in [5.74, 6) is -0.245. The Morgan fingerprint density at radius 1 is 0.850 bits per heavy atom. The van der Waals surface area contributed by atoms with Gasteiger partial charge in [-0.3, -0.25) is 9.59 Å². The van der Waals surface area contributed by atoms with E-state index >= 15 is 0 Å². The Bertz CT molecular complexity index is 254. The minimum atomic E-state index is -0.284. The number of unbranched alkanes of at least 4 members (excludes halogenated alkanes) is 8. The number of carbonyl (C=O) groups excluding carboxylic acids is 2. The van der Waals surface area contributed by atoms with Crippen LogP contribution < -0.4 is 5.32 Å². The third-order valence-electron chi connectivity index (χ3n) is 3.39. The SMILES string of the molecule is CCCCCCCCCCCC(=O)NCCC(=O)OC. The second kappa shape index (κ2) is 14.4. The molecule has 4 heteroatoms. The summed E-state index contributed by atoms with van der Waals surface area (Å²) >= 11 is 0. The first-order chi connectivity index (χ1) is 9.70. The highest BCUT2D eigenvalue weighted by Crippen LogP contribution is 2.10. The molecule has 0 radical (unpaired) electrons. The van der Waals surface area contributed by atoms with E-state index in [9.17, 15) is 9.59 Å². The molecular weight excluding hydrogens is 254 g/mol. The van der Waals surface area contributed by atoms with Crippen molar-refractivity contribution in [2.75, 3.05) is 13.7 Å². The van der Waals surface area contributed by atoms with Gasteiger partial charge in [0.1, 0.15) is 0 Å². The van der Waals surface area contributed by atoms with Crippen LogP contribution in [0.25, 0.3) is 0 Å². The minimum Gasteiger partial charge on any atom is -0.469 e. The van der Waals surface area contributed by atoms with Crippen LogP contribution in [0.5, 0.6) is 0 Å². The molecule has 0 spiro atoms. The Morgan fingerprint density at radius 3 is 1.95 bits per heavy atom. The molecule has 0 fully saturated rings. The quantitative estimate of drug-likeness (QED) is 0.415. The second-order valence-electron chi connectivity index (χ2n) is 5.25. The summed E-state index contributed by atoms with van der Waals surface area (Å²) in [6.45, 7) is 2.61. The van der Waals surface area contributed by atoms with Crippen LogP contribution in [0.1, 0.15) is 77.6 Å². The zero-order chi connectivity index (χ0) is 15.1. The number of nitrogens with one attached hydrogen (secondary N) is 1. The van der Waals surface area contributed by atoms with Crippen LogP contribution in [0, 0.1) is 0 Å². The van der Waals surface area contributed by atoms with Crippen LogP contribution in [0.3, 0.4) is 0 Å².